The molecule has 0 spiro atoms. The van der Waals surface area contributed by atoms with Gasteiger partial charge in [0.25, 0.3) is 0 Å². The number of nitrogens with zero attached hydrogens (tertiary/aromatic N) is 1. The van der Waals surface area contributed by atoms with Crippen LogP contribution in [0.15, 0.2) is 5.38 Å². The zero-order valence-electron chi connectivity index (χ0n) is 12.6. The van der Waals surface area contributed by atoms with Crippen LogP contribution >= 0.6 is 11.3 Å². The highest BCUT2D eigenvalue weighted by atomic mass is 32.1. The highest BCUT2D eigenvalue weighted by Gasteiger charge is 2.36. The van der Waals surface area contributed by atoms with Crippen molar-refractivity contribution >= 4 is 17.3 Å². The quantitative estimate of drug-likeness (QED) is 0.753. The lowest BCUT2D eigenvalue weighted by Crippen LogP contribution is -2.31. The molecule has 0 radical (unpaired) electrons. The average Bonchev–Trinajstić information content (AvgIpc) is 2.88. The first-order valence-electron chi connectivity index (χ1n) is 6.50. The monoisotopic (exact) mass is 285 g/mol. The second kappa shape index (κ2) is 6.01. The molecule has 1 heterocycles. The normalized spacial score (nSPS) is 15.1. The zero-order chi connectivity index (χ0) is 14.7. The predicted molar refractivity (Wildman–Crippen MR) is 76.4 cm³/mol. The van der Waals surface area contributed by atoms with Gasteiger partial charge in [-0.3, -0.25) is 4.79 Å². The molecule has 0 fully saturated rings. The fourth-order valence-corrected chi connectivity index (χ4v) is 2.97. The minimum Gasteiger partial charge on any atom is -0.468 e. The molecule has 1 aromatic heterocycles. The van der Waals surface area contributed by atoms with Gasteiger partial charge in [0, 0.05) is 12.0 Å². The van der Waals surface area contributed by atoms with Crippen molar-refractivity contribution in [1.82, 2.24) is 4.98 Å². The Hall–Kier alpha value is -0.940. The van der Waals surface area contributed by atoms with E-state index in [9.17, 15) is 4.79 Å². The van der Waals surface area contributed by atoms with Crippen LogP contribution in [-0.4, -0.2) is 24.7 Å². The third kappa shape index (κ3) is 3.15. The summed E-state index contributed by atoms with van der Waals surface area (Å²) in [5.74, 6) is -0.279. The van der Waals surface area contributed by atoms with Crippen LogP contribution in [0.25, 0.3) is 0 Å². The third-order valence-electron chi connectivity index (χ3n) is 3.43. The molecule has 0 aliphatic heterocycles. The summed E-state index contributed by atoms with van der Waals surface area (Å²) >= 11 is 1.53. The molecular weight excluding hydrogens is 262 g/mol. The van der Waals surface area contributed by atoms with E-state index in [1.807, 2.05) is 33.1 Å². The Morgan fingerprint density at radius 3 is 2.47 bits per heavy atom. The van der Waals surface area contributed by atoms with Gasteiger partial charge in [-0.05, 0) is 34.1 Å². The number of esters is 1. The summed E-state index contributed by atoms with van der Waals surface area (Å²) in [5, 5.41) is 2.82. The number of ether oxygens (including phenoxy) is 2. The SMILES string of the molecule is CCOC(C)(CC)c1nc(C(C)(C)C(=O)OC)cs1. The van der Waals surface area contributed by atoms with Gasteiger partial charge >= 0.3 is 5.97 Å². The highest BCUT2D eigenvalue weighted by Crippen LogP contribution is 2.34. The van der Waals surface area contributed by atoms with Gasteiger partial charge in [-0.15, -0.1) is 11.3 Å². The van der Waals surface area contributed by atoms with Crippen LogP contribution in [0.4, 0.5) is 0 Å². The molecule has 0 amide bonds. The first kappa shape index (κ1) is 16.1. The van der Waals surface area contributed by atoms with E-state index in [4.69, 9.17) is 9.47 Å². The molecule has 4 nitrogen and oxygen atoms in total. The second-order valence-electron chi connectivity index (χ2n) is 5.17. The number of methoxy groups -OCH3 is 1. The third-order valence-corrected chi connectivity index (χ3v) is 4.52. The van der Waals surface area contributed by atoms with Gasteiger partial charge < -0.3 is 9.47 Å². The van der Waals surface area contributed by atoms with Gasteiger partial charge in [-0.2, -0.15) is 0 Å². The van der Waals surface area contributed by atoms with Crippen molar-refractivity contribution in [3.8, 4) is 0 Å². The molecule has 0 N–H and O–H groups in total. The smallest absolute Gasteiger partial charge is 0.317 e. The molecule has 1 unspecified atom stereocenters. The number of rotatable bonds is 6. The number of hydrogen-bond acceptors (Lipinski definition) is 5. The van der Waals surface area contributed by atoms with Crippen molar-refractivity contribution in [3.05, 3.63) is 16.1 Å². The van der Waals surface area contributed by atoms with E-state index in [2.05, 4.69) is 11.9 Å². The Morgan fingerprint density at radius 1 is 1.37 bits per heavy atom. The summed E-state index contributed by atoms with van der Waals surface area (Å²) in [6.45, 7) is 10.4. The van der Waals surface area contributed by atoms with Gasteiger partial charge in [0.2, 0.25) is 0 Å². The maximum Gasteiger partial charge on any atom is 0.317 e. The van der Waals surface area contributed by atoms with Crippen LogP contribution in [0.2, 0.25) is 0 Å². The van der Waals surface area contributed by atoms with E-state index >= 15 is 0 Å². The molecule has 0 aliphatic rings. The van der Waals surface area contributed by atoms with Crippen molar-refractivity contribution in [2.75, 3.05) is 13.7 Å². The molecule has 5 heteroatoms. The Labute approximate surface area is 119 Å². The predicted octanol–water partition coefficient (Wildman–Crippen LogP) is 3.26. The Kier molecular flexibility index (Phi) is 5.10. The van der Waals surface area contributed by atoms with Crippen molar-refractivity contribution in [3.63, 3.8) is 0 Å². The molecule has 0 aliphatic carbocycles. The number of aromatic nitrogens is 1. The van der Waals surface area contributed by atoms with Gasteiger partial charge in [0.1, 0.15) is 16.0 Å². The van der Waals surface area contributed by atoms with E-state index in [1.165, 1.54) is 18.4 Å². The first-order chi connectivity index (χ1) is 8.81. The molecule has 0 aromatic carbocycles. The minimum absolute atomic E-state index is 0.279. The van der Waals surface area contributed by atoms with Crippen LogP contribution in [0.3, 0.4) is 0 Å². The topological polar surface area (TPSA) is 48.4 Å². The van der Waals surface area contributed by atoms with E-state index in [1.54, 1.807) is 0 Å². The standard InChI is InChI=1S/C14H23NO3S/c1-7-14(5,18-8-2)11-15-10(9-19-11)13(3,4)12(16)17-6/h9H,7-8H2,1-6H3. The first-order valence-corrected chi connectivity index (χ1v) is 7.38. The number of carbonyl (C=O) groups is 1. The van der Waals surface area contributed by atoms with Crippen molar-refractivity contribution < 1.29 is 14.3 Å². The molecule has 1 atom stereocenters. The minimum atomic E-state index is -0.732. The Morgan fingerprint density at radius 2 is 2.00 bits per heavy atom. The van der Waals surface area contributed by atoms with Gasteiger partial charge in [0.05, 0.1) is 12.8 Å². The van der Waals surface area contributed by atoms with Gasteiger partial charge in [0.15, 0.2) is 0 Å². The lowest BCUT2D eigenvalue weighted by molar-refractivity contribution is -0.146. The fraction of sp³-hybridized carbons (Fsp3) is 0.714. The molecule has 1 rings (SSSR count). The summed E-state index contributed by atoms with van der Waals surface area (Å²) in [4.78, 5) is 16.4. The fourth-order valence-electron chi connectivity index (χ4n) is 1.80. The van der Waals surface area contributed by atoms with E-state index in [-0.39, 0.29) is 11.6 Å². The Bertz CT molecular complexity index is 442. The number of thiazole rings is 1. The van der Waals surface area contributed by atoms with Crippen LogP contribution in [0.5, 0.6) is 0 Å². The summed E-state index contributed by atoms with van der Waals surface area (Å²) in [6.07, 6.45) is 0.840. The summed E-state index contributed by atoms with van der Waals surface area (Å²) < 4.78 is 10.6. The van der Waals surface area contributed by atoms with Crippen molar-refractivity contribution in [1.29, 1.82) is 0 Å². The average molecular weight is 285 g/mol. The summed E-state index contributed by atoms with van der Waals surface area (Å²) in [5.41, 5.74) is -0.382. The molecule has 1 aromatic rings. The highest BCUT2D eigenvalue weighted by molar-refractivity contribution is 7.09. The molecular formula is C14H23NO3S. The second-order valence-corrected chi connectivity index (χ2v) is 6.03. The maximum absolute atomic E-state index is 11.8. The van der Waals surface area contributed by atoms with Crippen molar-refractivity contribution in [2.45, 2.75) is 52.1 Å². The van der Waals surface area contributed by atoms with Crippen LogP contribution in [-0.2, 0) is 25.3 Å². The molecule has 0 bridgehead atoms. The summed E-state index contributed by atoms with van der Waals surface area (Å²) in [6, 6.07) is 0. The number of carbonyl (C=O) groups excluding carboxylic acids is 1. The van der Waals surface area contributed by atoms with Crippen LogP contribution in [0.1, 0.15) is 51.7 Å². The largest absolute Gasteiger partial charge is 0.468 e. The van der Waals surface area contributed by atoms with Crippen molar-refractivity contribution in [2.24, 2.45) is 0 Å². The molecule has 0 saturated carbocycles. The molecule has 0 saturated heterocycles. The molecule has 19 heavy (non-hydrogen) atoms. The lowest BCUT2D eigenvalue weighted by atomic mass is 9.90. The van der Waals surface area contributed by atoms with Crippen LogP contribution < -0.4 is 0 Å². The summed E-state index contributed by atoms with van der Waals surface area (Å²) in [7, 11) is 1.40. The van der Waals surface area contributed by atoms with Gasteiger partial charge in [-0.1, -0.05) is 6.92 Å². The zero-order valence-corrected chi connectivity index (χ0v) is 13.4. The maximum atomic E-state index is 11.8. The van der Waals surface area contributed by atoms with E-state index < -0.39 is 5.41 Å². The Balaban J connectivity index is 3.09. The molecule has 108 valence electrons. The lowest BCUT2D eigenvalue weighted by Gasteiger charge is -2.26. The van der Waals surface area contributed by atoms with Gasteiger partial charge in [-0.25, -0.2) is 4.98 Å². The van der Waals surface area contributed by atoms with Crippen LogP contribution in [0, 0.1) is 0 Å². The van der Waals surface area contributed by atoms with E-state index in [0.29, 0.717) is 6.61 Å². The number of hydrogen-bond donors (Lipinski definition) is 0. The van der Waals surface area contributed by atoms with E-state index in [0.717, 1.165) is 17.1 Å².